The molecule has 4 bridgehead atoms. The third-order valence-electron chi connectivity index (χ3n) is 0.825. The zero-order chi connectivity index (χ0) is 5.14. The van der Waals surface area contributed by atoms with E-state index in [0.29, 0.717) is 0 Å². The Balaban J connectivity index is 1.96. The summed E-state index contributed by atoms with van der Waals surface area (Å²) in [7, 11) is 10.3. The van der Waals surface area contributed by atoms with Gasteiger partial charge in [-0.3, -0.25) is 0 Å². The summed E-state index contributed by atoms with van der Waals surface area (Å²) in [6.45, 7) is 0. The molecule has 6 rings (SSSR count). The van der Waals surface area contributed by atoms with Crippen LogP contribution >= 0.6 is 33.1 Å². The van der Waals surface area contributed by atoms with E-state index < -0.39 is 0 Å². The van der Waals surface area contributed by atoms with Crippen molar-refractivity contribution < 1.29 is 0 Å². The third-order valence-corrected chi connectivity index (χ3v) is 253. The minimum absolute atomic E-state index is 0.0324. The van der Waals surface area contributed by atoms with Gasteiger partial charge in [-0.25, -0.2) is 0 Å². The van der Waals surface area contributed by atoms with Gasteiger partial charge in [0.2, 0.25) is 0 Å². The summed E-state index contributed by atoms with van der Waals surface area (Å²) in [4.78, 5) is 0. The Morgan fingerprint density at radius 1 is 0.500 bits per heavy atom. The van der Waals surface area contributed by atoms with E-state index in [1.807, 2.05) is 0 Å². The maximum absolute atomic E-state index is 2.62. The van der Waals surface area contributed by atoms with Gasteiger partial charge in [-0.15, -0.1) is 0 Å². The minimum atomic E-state index is -0.0324. The Morgan fingerprint density at radius 3 is 0.875 bits per heavy atom. The van der Waals surface area contributed by atoms with Crippen molar-refractivity contribution in [3.8, 4) is 0 Å². The molecule has 0 unspecified atom stereocenters. The van der Waals surface area contributed by atoms with Crippen LogP contribution in [0, 0.1) is 0 Å². The van der Waals surface area contributed by atoms with Gasteiger partial charge in [-0.2, -0.15) is 0 Å². The second-order valence-electron chi connectivity index (χ2n) is 1.28. The van der Waals surface area contributed by atoms with Gasteiger partial charge in [0.05, 0.1) is 0 Å². The SMILES string of the molecule is S1[As]2S[As]1[As]1S[As]2S1. The molecule has 0 N–H and O–H groups in total. The molecule has 0 aromatic carbocycles. The van der Waals surface area contributed by atoms with Crippen LogP contribution in [0.1, 0.15) is 0 Å². The van der Waals surface area contributed by atoms with Crippen molar-refractivity contribution in [2.45, 2.75) is 0 Å². The molecule has 6 aliphatic rings. The molecule has 0 aromatic rings. The van der Waals surface area contributed by atoms with Crippen LogP contribution in [-0.4, -0.2) is 41.1 Å². The van der Waals surface area contributed by atoms with E-state index in [9.17, 15) is 0 Å². The molecular weight excluding hydrogens is 428 g/mol. The Labute approximate surface area is 72.3 Å². The van der Waals surface area contributed by atoms with Crippen molar-refractivity contribution in [3.05, 3.63) is 0 Å². The molecule has 0 saturated carbocycles. The average Bonchev–Trinajstić information content (AvgIpc) is 1.60. The van der Waals surface area contributed by atoms with Crippen molar-refractivity contribution >= 4 is 74.2 Å². The first-order valence-corrected chi connectivity index (χ1v) is 33.6. The van der Waals surface area contributed by atoms with Crippen molar-refractivity contribution in [1.29, 1.82) is 0 Å². The van der Waals surface area contributed by atoms with Crippen LogP contribution < -0.4 is 0 Å². The molecule has 0 radical (unpaired) electrons. The standard InChI is InChI=1S/As4S4/c5-1-2-7-4(8-2)3(5)6-1. The molecule has 8 heavy (non-hydrogen) atoms. The Hall–Kier alpha value is 3.63. The summed E-state index contributed by atoms with van der Waals surface area (Å²) in [5.41, 5.74) is 0. The van der Waals surface area contributed by atoms with Crippen LogP contribution in [0.4, 0.5) is 0 Å². The Morgan fingerprint density at radius 2 is 0.750 bits per heavy atom. The van der Waals surface area contributed by atoms with Gasteiger partial charge in [-0.1, -0.05) is 0 Å². The summed E-state index contributed by atoms with van der Waals surface area (Å²) >= 11 is 0. The third kappa shape index (κ3) is 0.940. The van der Waals surface area contributed by atoms with Crippen LogP contribution in [-0.2, 0) is 0 Å². The molecule has 0 atom stereocenters. The molecule has 0 amide bonds. The van der Waals surface area contributed by atoms with Crippen LogP contribution in [0.2, 0.25) is 0 Å². The molecule has 6 heterocycles. The van der Waals surface area contributed by atoms with Gasteiger partial charge in [0, 0.05) is 0 Å². The van der Waals surface area contributed by atoms with E-state index in [2.05, 4.69) is 33.1 Å². The van der Waals surface area contributed by atoms with Gasteiger partial charge in [-0.05, 0) is 0 Å². The maximum atomic E-state index is 2.62. The second-order valence-corrected chi connectivity index (χ2v) is 93.3. The normalized spacial score (nSPS) is 66.0. The molecule has 0 spiro atoms. The van der Waals surface area contributed by atoms with E-state index in [0.717, 1.165) is 0 Å². The first-order valence-electron chi connectivity index (χ1n) is 1.86. The molecule has 8 heteroatoms. The molecule has 0 aromatic heterocycles. The fourth-order valence-electron chi connectivity index (χ4n) is 0.490. The van der Waals surface area contributed by atoms with Crippen molar-refractivity contribution in [3.63, 3.8) is 0 Å². The number of rotatable bonds is 0. The zero-order valence-corrected chi connectivity index (χ0v) is 14.2. The molecule has 0 aliphatic carbocycles. The van der Waals surface area contributed by atoms with Gasteiger partial charge in [0.15, 0.2) is 0 Å². The summed E-state index contributed by atoms with van der Waals surface area (Å²) in [5, 5.41) is 0. The molecule has 6 aliphatic heterocycles. The number of hydrogen-bond donors (Lipinski definition) is 0. The first kappa shape index (κ1) is 7.08. The quantitative estimate of drug-likeness (QED) is 0.530. The molecule has 44 valence electrons. The van der Waals surface area contributed by atoms with Gasteiger partial charge < -0.3 is 0 Å². The van der Waals surface area contributed by atoms with E-state index >= 15 is 0 Å². The van der Waals surface area contributed by atoms with Crippen molar-refractivity contribution in [1.82, 2.24) is 0 Å². The number of hydrogen-bond acceptors (Lipinski definition) is 4. The van der Waals surface area contributed by atoms with Crippen molar-refractivity contribution in [2.24, 2.45) is 0 Å². The van der Waals surface area contributed by atoms with E-state index in [-0.39, 0.29) is 41.1 Å². The topological polar surface area (TPSA) is 0 Å². The van der Waals surface area contributed by atoms with Crippen LogP contribution in [0.3, 0.4) is 0 Å². The summed E-state index contributed by atoms with van der Waals surface area (Å²) in [6, 6.07) is 0. The molecule has 6 fully saturated rings. The second kappa shape index (κ2) is 2.56. The van der Waals surface area contributed by atoms with E-state index in [4.69, 9.17) is 0 Å². The van der Waals surface area contributed by atoms with Gasteiger partial charge in [0.1, 0.15) is 0 Å². The zero-order valence-electron chi connectivity index (χ0n) is 3.42. The predicted octanol–water partition coefficient (Wildman–Crippen LogP) is 1.07. The van der Waals surface area contributed by atoms with Crippen LogP contribution in [0.15, 0.2) is 0 Å². The predicted molar refractivity (Wildman–Crippen MR) is 53.4 cm³/mol. The molecular formula is As4S4. The van der Waals surface area contributed by atoms with Crippen LogP contribution in [0.5, 0.6) is 0 Å². The molecule has 6 saturated heterocycles. The van der Waals surface area contributed by atoms with E-state index in [1.165, 1.54) is 0 Å². The van der Waals surface area contributed by atoms with Gasteiger partial charge >= 0.3 is 74.2 Å². The monoisotopic (exact) mass is 428 g/mol. The summed E-state index contributed by atoms with van der Waals surface area (Å²) in [6.07, 6.45) is 0. The van der Waals surface area contributed by atoms with Gasteiger partial charge in [0.25, 0.3) is 0 Å². The fraction of sp³-hybridized carbons (Fsp3) is 0. The average molecular weight is 428 g/mol. The van der Waals surface area contributed by atoms with Crippen LogP contribution in [0.25, 0.3) is 0 Å². The Kier molecular flexibility index (Phi) is 2.26. The fourth-order valence-corrected chi connectivity index (χ4v) is 611. The Bertz CT molecular complexity index is 96.0. The van der Waals surface area contributed by atoms with Crippen molar-refractivity contribution in [2.75, 3.05) is 0 Å². The van der Waals surface area contributed by atoms with E-state index in [1.54, 1.807) is 0 Å². The first-order chi connectivity index (χ1) is 3.93. The molecule has 0 nitrogen and oxygen atoms in total. The summed E-state index contributed by atoms with van der Waals surface area (Å²) in [5.74, 6) is 0. The summed E-state index contributed by atoms with van der Waals surface area (Å²) < 4.78 is 0.